The molecule has 0 unspecified atom stereocenters. The highest BCUT2D eigenvalue weighted by molar-refractivity contribution is 6.30. The molecule has 0 saturated heterocycles. The van der Waals surface area contributed by atoms with Gasteiger partial charge in [-0.3, -0.25) is 0 Å². The van der Waals surface area contributed by atoms with Crippen LogP contribution in [0.2, 0.25) is 5.02 Å². The molecule has 7 heteroatoms. The number of ether oxygens (including phenoxy) is 2. The zero-order valence-corrected chi connectivity index (χ0v) is 11.0. The minimum atomic E-state index is -0.800. The first-order valence-electron chi connectivity index (χ1n) is 5.07. The van der Waals surface area contributed by atoms with Crippen molar-refractivity contribution in [2.24, 2.45) is 0 Å². The summed E-state index contributed by atoms with van der Waals surface area (Å²) in [5.74, 6) is -2.14. The fraction of sp³-hybridized carbons (Fsp3) is 0.167. The zero-order chi connectivity index (χ0) is 14.4. The predicted octanol–water partition coefficient (Wildman–Crippen LogP) is 2.12. The van der Waals surface area contributed by atoms with Gasteiger partial charge in [0.2, 0.25) is 0 Å². The molecule has 0 amide bonds. The normalized spacial score (nSPS) is 10.8. The van der Waals surface area contributed by atoms with Crippen LogP contribution in [0.3, 0.4) is 0 Å². The van der Waals surface area contributed by atoms with Gasteiger partial charge in [-0.15, -0.1) is 0 Å². The number of methoxy groups -OCH3 is 2. The van der Waals surface area contributed by atoms with Crippen molar-refractivity contribution in [2.75, 3.05) is 19.5 Å². The van der Waals surface area contributed by atoms with E-state index in [1.807, 2.05) is 0 Å². The van der Waals surface area contributed by atoms with Crippen molar-refractivity contribution in [3.8, 4) is 0 Å². The van der Waals surface area contributed by atoms with E-state index in [0.29, 0.717) is 0 Å². The largest absolute Gasteiger partial charge is 0.466 e. The minimum absolute atomic E-state index is 0.143. The fourth-order valence-electron chi connectivity index (χ4n) is 1.21. The van der Waals surface area contributed by atoms with Crippen molar-refractivity contribution in [3.63, 3.8) is 0 Å². The Kier molecular flexibility index (Phi) is 5.32. The molecule has 0 radical (unpaired) electrons. The summed E-state index contributed by atoms with van der Waals surface area (Å²) in [4.78, 5) is 22.6. The second kappa shape index (κ2) is 6.75. The first-order chi connectivity index (χ1) is 8.96. The molecule has 1 aromatic rings. The number of carbonyl (C=O) groups is 2. The van der Waals surface area contributed by atoms with Crippen LogP contribution in [0.15, 0.2) is 30.0 Å². The number of rotatable bonds is 4. The van der Waals surface area contributed by atoms with Gasteiger partial charge in [0.1, 0.15) is 11.5 Å². The van der Waals surface area contributed by atoms with E-state index in [-0.39, 0.29) is 16.4 Å². The zero-order valence-electron chi connectivity index (χ0n) is 10.2. The number of esters is 2. The molecule has 19 heavy (non-hydrogen) atoms. The third-order valence-electron chi connectivity index (χ3n) is 2.01. The average molecular weight is 288 g/mol. The van der Waals surface area contributed by atoms with Gasteiger partial charge in [-0.2, -0.15) is 0 Å². The number of hydrogen-bond donors (Lipinski definition) is 1. The van der Waals surface area contributed by atoms with Crippen LogP contribution in [0.25, 0.3) is 0 Å². The summed E-state index contributed by atoms with van der Waals surface area (Å²) >= 11 is 5.67. The molecule has 0 saturated carbocycles. The molecule has 5 nitrogen and oxygen atoms in total. The Bertz CT molecular complexity index is 510. The molecule has 1 aromatic carbocycles. The summed E-state index contributed by atoms with van der Waals surface area (Å²) in [6, 6.07) is 3.60. The van der Waals surface area contributed by atoms with Gasteiger partial charge < -0.3 is 14.8 Å². The highest BCUT2D eigenvalue weighted by atomic mass is 35.5. The minimum Gasteiger partial charge on any atom is -0.466 e. The van der Waals surface area contributed by atoms with Crippen molar-refractivity contribution in [1.82, 2.24) is 0 Å². The lowest BCUT2D eigenvalue weighted by atomic mass is 10.3. The van der Waals surface area contributed by atoms with Gasteiger partial charge in [0.15, 0.2) is 0 Å². The molecule has 0 atom stereocenters. The van der Waals surface area contributed by atoms with Crippen LogP contribution in [0, 0.1) is 5.82 Å². The Hall–Kier alpha value is -2.08. The molecule has 0 heterocycles. The molecule has 1 N–H and O–H groups in total. The van der Waals surface area contributed by atoms with Crippen LogP contribution in [-0.2, 0) is 19.1 Å². The number of hydrogen-bond acceptors (Lipinski definition) is 5. The van der Waals surface area contributed by atoms with Crippen molar-refractivity contribution >= 4 is 29.2 Å². The van der Waals surface area contributed by atoms with Gasteiger partial charge >= 0.3 is 11.9 Å². The highest BCUT2D eigenvalue weighted by Gasteiger charge is 2.13. The molecule has 1 rings (SSSR count). The average Bonchev–Trinajstić information content (AvgIpc) is 2.35. The van der Waals surface area contributed by atoms with Crippen LogP contribution >= 0.6 is 11.6 Å². The van der Waals surface area contributed by atoms with Crippen LogP contribution in [-0.4, -0.2) is 26.2 Å². The number of benzene rings is 1. The molecule has 0 fully saturated rings. The van der Waals surface area contributed by atoms with Gasteiger partial charge in [0.25, 0.3) is 0 Å². The van der Waals surface area contributed by atoms with Gasteiger partial charge in [0.05, 0.1) is 20.3 Å². The Morgan fingerprint density at radius 1 is 1.26 bits per heavy atom. The van der Waals surface area contributed by atoms with E-state index >= 15 is 0 Å². The van der Waals surface area contributed by atoms with Crippen molar-refractivity contribution < 1.29 is 23.5 Å². The van der Waals surface area contributed by atoms with Gasteiger partial charge in [-0.05, 0) is 18.2 Å². The molecule has 0 bridgehead atoms. The van der Waals surface area contributed by atoms with Gasteiger partial charge in [-0.25, -0.2) is 14.0 Å². The quantitative estimate of drug-likeness (QED) is 0.679. The molecule has 0 aromatic heterocycles. The first kappa shape index (κ1) is 15.0. The molecular formula is C12H11ClFNO4. The summed E-state index contributed by atoms with van der Waals surface area (Å²) in [5.41, 5.74) is 0.00145. The molecule has 102 valence electrons. The van der Waals surface area contributed by atoms with E-state index in [4.69, 9.17) is 11.6 Å². The van der Waals surface area contributed by atoms with Crippen molar-refractivity contribution in [2.45, 2.75) is 0 Å². The van der Waals surface area contributed by atoms with Gasteiger partial charge in [-0.1, -0.05) is 11.6 Å². The maximum Gasteiger partial charge on any atom is 0.354 e. The smallest absolute Gasteiger partial charge is 0.354 e. The third-order valence-corrected chi connectivity index (χ3v) is 2.23. The Labute approximate surface area is 114 Å². The topological polar surface area (TPSA) is 64.6 Å². The highest BCUT2D eigenvalue weighted by Crippen LogP contribution is 2.19. The first-order valence-corrected chi connectivity index (χ1v) is 5.45. The SMILES string of the molecule is COC(=O)/C=C(/Nc1cc(F)cc(Cl)c1)C(=O)OC. The van der Waals surface area contributed by atoms with E-state index < -0.39 is 17.8 Å². The second-order valence-electron chi connectivity index (χ2n) is 3.36. The summed E-state index contributed by atoms with van der Waals surface area (Å²) in [6.07, 6.45) is 0.893. The Balaban J connectivity index is 3.04. The lowest BCUT2D eigenvalue weighted by molar-refractivity contribution is -0.138. The number of nitrogens with one attached hydrogen (secondary N) is 1. The molecule has 0 aliphatic heterocycles. The standard InChI is InChI=1S/C12H11ClFNO4/c1-18-11(16)6-10(12(17)19-2)15-9-4-7(13)3-8(14)5-9/h3-6,15H,1-2H3/b10-6+. The van der Waals surface area contributed by atoms with Crippen LogP contribution in [0.4, 0.5) is 10.1 Å². The summed E-state index contributed by atoms with van der Waals surface area (Å²) in [5, 5.41) is 2.68. The van der Waals surface area contributed by atoms with E-state index in [0.717, 1.165) is 32.4 Å². The van der Waals surface area contributed by atoms with E-state index in [1.54, 1.807) is 0 Å². The van der Waals surface area contributed by atoms with E-state index in [2.05, 4.69) is 14.8 Å². The van der Waals surface area contributed by atoms with Crippen LogP contribution in [0.1, 0.15) is 0 Å². The molecule has 0 aliphatic rings. The van der Waals surface area contributed by atoms with Crippen molar-refractivity contribution in [1.29, 1.82) is 0 Å². The summed E-state index contributed by atoms with van der Waals surface area (Å²) in [7, 11) is 2.31. The molecule has 0 aliphatic carbocycles. The predicted molar refractivity (Wildman–Crippen MR) is 67.1 cm³/mol. The Morgan fingerprint density at radius 3 is 2.47 bits per heavy atom. The third kappa shape index (κ3) is 4.59. The maximum atomic E-state index is 13.1. The van der Waals surface area contributed by atoms with E-state index in [9.17, 15) is 14.0 Å². The van der Waals surface area contributed by atoms with Crippen molar-refractivity contribution in [3.05, 3.63) is 40.8 Å². The second-order valence-corrected chi connectivity index (χ2v) is 3.79. The number of halogens is 2. The monoisotopic (exact) mass is 287 g/mol. The van der Waals surface area contributed by atoms with Crippen LogP contribution in [0.5, 0.6) is 0 Å². The molecular weight excluding hydrogens is 277 g/mol. The molecule has 0 spiro atoms. The summed E-state index contributed by atoms with van der Waals surface area (Å²) < 4.78 is 22.0. The fourth-order valence-corrected chi connectivity index (χ4v) is 1.44. The Morgan fingerprint density at radius 2 is 1.95 bits per heavy atom. The van der Waals surface area contributed by atoms with Gasteiger partial charge in [0, 0.05) is 10.7 Å². The van der Waals surface area contributed by atoms with Crippen LogP contribution < -0.4 is 5.32 Å². The maximum absolute atomic E-state index is 13.1. The number of anilines is 1. The number of carbonyl (C=O) groups excluding carboxylic acids is 2. The lowest BCUT2D eigenvalue weighted by Crippen LogP contribution is -2.15. The summed E-state index contributed by atoms with van der Waals surface area (Å²) in [6.45, 7) is 0. The lowest BCUT2D eigenvalue weighted by Gasteiger charge is -2.09. The van der Waals surface area contributed by atoms with E-state index in [1.165, 1.54) is 6.07 Å².